The summed E-state index contributed by atoms with van der Waals surface area (Å²) in [5.41, 5.74) is 5.37. The van der Waals surface area contributed by atoms with E-state index in [4.69, 9.17) is 5.73 Å². The first-order valence-corrected chi connectivity index (χ1v) is 11.3. The highest BCUT2D eigenvalue weighted by Crippen LogP contribution is 2.19. The molecule has 0 saturated carbocycles. The molecule has 0 aromatic carbocycles. The molecule has 2 aliphatic heterocycles. The number of piperidine rings is 1. The summed E-state index contributed by atoms with van der Waals surface area (Å²) < 4.78 is 26.0. The molecule has 2 amide bonds. The van der Waals surface area contributed by atoms with Crippen LogP contribution in [0.3, 0.4) is 0 Å². The van der Waals surface area contributed by atoms with E-state index in [0.717, 1.165) is 32.1 Å². The van der Waals surface area contributed by atoms with Gasteiger partial charge in [0.1, 0.15) is 0 Å². The Morgan fingerprint density at radius 1 is 1.04 bits per heavy atom. The predicted octanol–water partition coefficient (Wildman–Crippen LogP) is 0.460. The van der Waals surface area contributed by atoms with Gasteiger partial charge in [-0.15, -0.1) is 12.4 Å². The summed E-state index contributed by atoms with van der Waals surface area (Å²) in [6, 6.07) is -0.00633. The molecular weight excluding hydrogens is 392 g/mol. The number of halogens is 1. The lowest BCUT2D eigenvalue weighted by atomic mass is 10.0. The second-order valence-corrected chi connectivity index (χ2v) is 9.19. The van der Waals surface area contributed by atoms with Crippen molar-refractivity contribution in [3.8, 4) is 0 Å². The van der Waals surface area contributed by atoms with Crippen LogP contribution in [-0.4, -0.2) is 74.0 Å². The van der Waals surface area contributed by atoms with Gasteiger partial charge in [0.05, 0.1) is 5.75 Å². The smallest absolute Gasteiger partial charge is 0.222 e. The maximum Gasteiger partial charge on any atom is 0.222 e. The number of rotatable bonds is 9. The standard InChI is InChI=1S/C17H32N4O4S.ClH/c18-9-8-16(22)19-14-15-6-1-2-12-21(15)17(23)7-5-13-26(24,25)20-10-3-4-11-20;/h15H,1-14,18H2,(H,19,22);1H. The molecule has 0 aliphatic carbocycles. The lowest BCUT2D eigenvalue weighted by Crippen LogP contribution is -2.49. The third-order valence-electron chi connectivity index (χ3n) is 5.11. The molecule has 0 radical (unpaired) electrons. The molecule has 0 spiro atoms. The van der Waals surface area contributed by atoms with Crippen molar-refractivity contribution in [2.24, 2.45) is 5.73 Å². The molecule has 2 heterocycles. The van der Waals surface area contributed by atoms with Gasteiger partial charge in [-0.25, -0.2) is 12.7 Å². The quantitative estimate of drug-likeness (QED) is 0.558. The zero-order valence-corrected chi connectivity index (χ0v) is 17.5. The Morgan fingerprint density at radius 3 is 2.37 bits per heavy atom. The highest BCUT2D eigenvalue weighted by Gasteiger charge is 2.28. The average Bonchev–Trinajstić information content (AvgIpc) is 3.16. The van der Waals surface area contributed by atoms with E-state index in [-0.39, 0.29) is 48.9 Å². The van der Waals surface area contributed by atoms with Gasteiger partial charge in [-0.2, -0.15) is 0 Å². The van der Waals surface area contributed by atoms with E-state index >= 15 is 0 Å². The summed E-state index contributed by atoms with van der Waals surface area (Å²) in [5.74, 6) is -0.0774. The topological polar surface area (TPSA) is 113 Å². The Labute approximate surface area is 168 Å². The van der Waals surface area contributed by atoms with Crippen molar-refractivity contribution in [1.29, 1.82) is 0 Å². The Balaban J connectivity index is 0.00000364. The summed E-state index contributed by atoms with van der Waals surface area (Å²) in [7, 11) is -3.23. The fraction of sp³-hybridized carbons (Fsp3) is 0.882. The van der Waals surface area contributed by atoms with Gasteiger partial charge in [-0.3, -0.25) is 9.59 Å². The molecule has 1 atom stereocenters. The lowest BCUT2D eigenvalue weighted by Gasteiger charge is -2.36. The molecule has 8 nitrogen and oxygen atoms in total. The zero-order chi connectivity index (χ0) is 19.0. The van der Waals surface area contributed by atoms with E-state index in [1.807, 2.05) is 4.90 Å². The molecule has 0 aromatic heterocycles. The van der Waals surface area contributed by atoms with E-state index < -0.39 is 10.0 Å². The first-order valence-electron chi connectivity index (χ1n) is 9.68. The highest BCUT2D eigenvalue weighted by molar-refractivity contribution is 7.89. The number of carbonyl (C=O) groups excluding carboxylic acids is 2. The van der Waals surface area contributed by atoms with Crippen LogP contribution in [0.5, 0.6) is 0 Å². The minimum absolute atomic E-state index is 0. The molecule has 2 rings (SSSR count). The normalized spacial score (nSPS) is 20.9. The molecule has 10 heteroatoms. The van der Waals surface area contributed by atoms with Crippen LogP contribution in [0.2, 0.25) is 0 Å². The van der Waals surface area contributed by atoms with Crippen molar-refractivity contribution in [2.45, 2.75) is 57.4 Å². The van der Waals surface area contributed by atoms with Crippen LogP contribution >= 0.6 is 12.4 Å². The number of likely N-dealkylation sites (tertiary alicyclic amines) is 1. The monoisotopic (exact) mass is 424 g/mol. The van der Waals surface area contributed by atoms with Gasteiger partial charge in [0.2, 0.25) is 21.8 Å². The van der Waals surface area contributed by atoms with Crippen LogP contribution in [0.4, 0.5) is 0 Å². The fourth-order valence-electron chi connectivity index (χ4n) is 3.64. The third-order valence-corrected chi connectivity index (χ3v) is 7.06. The second kappa shape index (κ2) is 11.8. The van der Waals surface area contributed by atoms with Crippen molar-refractivity contribution in [3.63, 3.8) is 0 Å². The van der Waals surface area contributed by atoms with E-state index in [0.29, 0.717) is 39.1 Å². The maximum atomic E-state index is 12.6. The minimum Gasteiger partial charge on any atom is -0.354 e. The van der Waals surface area contributed by atoms with Gasteiger partial charge in [0, 0.05) is 51.6 Å². The Morgan fingerprint density at radius 2 is 1.70 bits per heavy atom. The van der Waals surface area contributed by atoms with Crippen LogP contribution in [0, 0.1) is 0 Å². The van der Waals surface area contributed by atoms with Crippen molar-refractivity contribution < 1.29 is 18.0 Å². The lowest BCUT2D eigenvalue weighted by molar-refractivity contribution is -0.135. The molecule has 2 saturated heterocycles. The van der Waals surface area contributed by atoms with E-state index in [1.54, 1.807) is 0 Å². The summed E-state index contributed by atoms with van der Waals surface area (Å²) in [6.45, 7) is 2.64. The van der Waals surface area contributed by atoms with E-state index in [9.17, 15) is 18.0 Å². The van der Waals surface area contributed by atoms with Crippen LogP contribution in [-0.2, 0) is 19.6 Å². The van der Waals surface area contributed by atoms with E-state index in [1.165, 1.54) is 4.31 Å². The van der Waals surface area contributed by atoms with Crippen LogP contribution in [0.1, 0.15) is 51.4 Å². The van der Waals surface area contributed by atoms with Crippen molar-refractivity contribution in [3.05, 3.63) is 0 Å². The minimum atomic E-state index is -3.23. The van der Waals surface area contributed by atoms with Gasteiger partial charge < -0.3 is 16.0 Å². The van der Waals surface area contributed by atoms with Gasteiger partial charge >= 0.3 is 0 Å². The Bertz CT molecular complexity index is 581. The van der Waals surface area contributed by atoms with Crippen LogP contribution in [0.25, 0.3) is 0 Å². The molecule has 2 fully saturated rings. The van der Waals surface area contributed by atoms with Gasteiger partial charge in [0.25, 0.3) is 0 Å². The Kier molecular flexibility index (Phi) is 10.6. The molecule has 0 bridgehead atoms. The molecule has 158 valence electrons. The number of nitrogens with one attached hydrogen (secondary N) is 1. The van der Waals surface area contributed by atoms with Crippen molar-refractivity contribution in [2.75, 3.05) is 38.5 Å². The number of sulfonamides is 1. The number of hydrogen-bond acceptors (Lipinski definition) is 5. The van der Waals surface area contributed by atoms with E-state index in [2.05, 4.69) is 5.32 Å². The summed E-state index contributed by atoms with van der Waals surface area (Å²) >= 11 is 0. The average molecular weight is 425 g/mol. The number of nitrogens with two attached hydrogens (primary N) is 1. The maximum absolute atomic E-state index is 12.6. The SMILES string of the molecule is Cl.NCCC(=O)NCC1CCCCN1C(=O)CCCS(=O)(=O)N1CCCC1. The highest BCUT2D eigenvalue weighted by atomic mass is 35.5. The molecule has 27 heavy (non-hydrogen) atoms. The van der Waals surface area contributed by atoms with Crippen molar-refractivity contribution >= 4 is 34.2 Å². The van der Waals surface area contributed by atoms with Crippen LogP contribution < -0.4 is 11.1 Å². The second-order valence-electron chi connectivity index (χ2n) is 7.11. The Hall–Kier alpha value is -0.900. The molecule has 0 aromatic rings. The van der Waals surface area contributed by atoms with Gasteiger partial charge in [-0.1, -0.05) is 0 Å². The fourth-order valence-corrected chi connectivity index (χ4v) is 5.22. The number of carbonyl (C=O) groups is 2. The molecular formula is C17H33ClN4O4S. The summed E-state index contributed by atoms with van der Waals surface area (Å²) in [5, 5.41) is 2.84. The van der Waals surface area contributed by atoms with Gasteiger partial charge in [0.15, 0.2) is 0 Å². The number of hydrogen-bond donors (Lipinski definition) is 2. The van der Waals surface area contributed by atoms with Gasteiger partial charge in [-0.05, 0) is 38.5 Å². The summed E-state index contributed by atoms with van der Waals surface area (Å²) in [6.07, 6.45) is 5.55. The largest absolute Gasteiger partial charge is 0.354 e. The third kappa shape index (κ3) is 7.56. The van der Waals surface area contributed by atoms with Crippen LogP contribution in [0.15, 0.2) is 0 Å². The summed E-state index contributed by atoms with van der Waals surface area (Å²) in [4.78, 5) is 26.0. The zero-order valence-electron chi connectivity index (χ0n) is 15.9. The number of nitrogens with zero attached hydrogens (tertiary/aromatic N) is 2. The molecule has 2 aliphatic rings. The first-order chi connectivity index (χ1) is 12.4. The number of amides is 2. The molecule has 1 unspecified atom stereocenters. The first kappa shape index (κ1) is 24.1. The molecule has 3 N–H and O–H groups in total. The van der Waals surface area contributed by atoms with Crippen molar-refractivity contribution in [1.82, 2.24) is 14.5 Å². The predicted molar refractivity (Wildman–Crippen MR) is 107 cm³/mol.